The minimum Gasteiger partial charge on any atom is -0.488 e. The summed E-state index contributed by atoms with van der Waals surface area (Å²) in [6, 6.07) is 1.61. The van der Waals surface area contributed by atoms with Gasteiger partial charge in [0.15, 0.2) is 5.78 Å². The van der Waals surface area contributed by atoms with Crippen molar-refractivity contribution in [2.45, 2.75) is 26.4 Å². The van der Waals surface area contributed by atoms with E-state index in [-0.39, 0.29) is 11.9 Å². The monoisotopic (exact) mass is 244 g/mol. The quantitative estimate of drug-likeness (QED) is 0.697. The number of ether oxygens (including phenoxy) is 1. The number of ketones is 1. The van der Waals surface area contributed by atoms with E-state index in [1.54, 1.807) is 13.0 Å². The summed E-state index contributed by atoms with van der Waals surface area (Å²) >= 11 is 11.9. The topological polar surface area (TPSA) is 26.3 Å². The van der Waals surface area contributed by atoms with Crippen LogP contribution in [0, 0.1) is 6.92 Å². The van der Waals surface area contributed by atoms with Crippen LogP contribution >= 0.6 is 23.2 Å². The van der Waals surface area contributed by atoms with Crippen LogP contribution in [-0.4, -0.2) is 11.9 Å². The minimum atomic E-state index is -0.122. The Labute approximate surface area is 98.1 Å². The van der Waals surface area contributed by atoms with Gasteiger partial charge in [0.1, 0.15) is 11.9 Å². The highest BCUT2D eigenvalue weighted by molar-refractivity contribution is 6.37. The Morgan fingerprint density at radius 2 is 2.07 bits per heavy atom. The van der Waals surface area contributed by atoms with Gasteiger partial charge < -0.3 is 4.74 Å². The molecule has 0 fully saturated rings. The van der Waals surface area contributed by atoms with Crippen LogP contribution in [0.5, 0.6) is 5.75 Å². The smallest absolute Gasteiger partial charge is 0.170 e. The first-order chi connectivity index (χ1) is 7.00. The van der Waals surface area contributed by atoms with E-state index in [0.717, 1.165) is 5.56 Å². The Hall–Kier alpha value is -0.730. The van der Waals surface area contributed by atoms with Gasteiger partial charge in [-0.25, -0.2) is 0 Å². The van der Waals surface area contributed by atoms with Crippen LogP contribution in [0.15, 0.2) is 6.07 Å². The lowest BCUT2D eigenvalue weighted by molar-refractivity contribution is 0.0870. The first-order valence-corrected chi connectivity index (χ1v) is 5.44. The van der Waals surface area contributed by atoms with Crippen molar-refractivity contribution >= 4 is 29.0 Å². The predicted molar refractivity (Wildman–Crippen MR) is 60.2 cm³/mol. The lowest BCUT2D eigenvalue weighted by Crippen LogP contribution is -2.25. The molecule has 2 nitrogen and oxygen atoms in total. The summed E-state index contributed by atoms with van der Waals surface area (Å²) in [5, 5.41) is 0.908. The summed E-state index contributed by atoms with van der Waals surface area (Å²) in [6.07, 6.45) is 0.257. The Bertz CT molecular complexity index is 441. The fourth-order valence-corrected chi connectivity index (χ4v) is 2.26. The van der Waals surface area contributed by atoms with Gasteiger partial charge in [0.05, 0.1) is 10.6 Å². The predicted octanol–water partition coefficient (Wildman–Crippen LogP) is 3.66. The van der Waals surface area contributed by atoms with Crippen LogP contribution in [0.3, 0.4) is 0 Å². The van der Waals surface area contributed by atoms with E-state index in [1.165, 1.54) is 0 Å². The van der Waals surface area contributed by atoms with Gasteiger partial charge in [0.25, 0.3) is 0 Å². The molecule has 0 aliphatic carbocycles. The SMILES string of the molecule is Cc1c(Cl)cc(Cl)c2c1C(=O)C[C@H](C)O2. The molecule has 1 aromatic rings. The summed E-state index contributed by atoms with van der Waals surface area (Å²) in [4.78, 5) is 11.8. The number of halogens is 2. The first-order valence-electron chi connectivity index (χ1n) is 4.69. The zero-order chi connectivity index (χ0) is 11.2. The van der Waals surface area contributed by atoms with Crippen molar-refractivity contribution in [1.82, 2.24) is 0 Å². The molecule has 80 valence electrons. The highest BCUT2D eigenvalue weighted by Crippen LogP contribution is 2.39. The number of fused-ring (bicyclic) bond motifs is 1. The molecule has 1 atom stereocenters. The summed E-state index contributed by atoms with van der Waals surface area (Å²) in [7, 11) is 0. The standard InChI is InChI=1S/C11H10Cl2O2/c1-5-3-9(14)10-6(2)7(12)4-8(13)11(10)15-5/h4-5H,3H2,1-2H3/t5-/m0/s1. The fourth-order valence-electron chi connectivity index (χ4n) is 1.75. The van der Waals surface area contributed by atoms with E-state index in [0.29, 0.717) is 27.8 Å². The molecule has 1 heterocycles. The molecular formula is C11H10Cl2O2. The van der Waals surface area contributed by atoms with Crippen LogP contribution in [-0.2, 0) is 0 Å². The Kier molecular flexibility index (Phi) is 2.65. The van der Waals surface area contributed by atoms with Gasteiger partial charge >= 0.3 is 0 Å². The van der Waals surface area contributed by atoms with Gasteiger partial charge in [-0.2, -0.15) is 0 Å². The average Bonchev–Trinajstić information content (AvgIpc) is 2.13. The summed E-state index contributed by atoms with van der Waals surface area (Å²) in [5.74, 6) is 0.521. The second-order valence-electron chi connectivity index (χ2n) is 3.73. The number of Topliss-reactive ketones (excluding diaryl/α,β-unsaturated/α-hetero) is 1. The maximum absolute atomic E-state index is 11.8. The first kappa shape index (κ1) is 10.8. The molecule has 0 aromatic heterocycles. The molecule has 1 aliphatic heterocycles. The number of benzene rings is 1. The molecule has 4 heteroatoms. The molecule has 0 unspecified atom stereocenters. The minimum absolute atomic E-state index is 0.0469. The molecule has 2 rings (SSSR count). The van der Waals surface area contributed by atoms with Crippen molar-refractivity contribution < 1.29 is 9.53 Å². The zero-order valence-corrected chi connectivity index (χ0v) is 9.95. The molecule has 1 aromatic carbocycles. The third-order valence-corrected chi connectivity index (χ3v) is 3.17. The third-order valence-electron chi connectivity index (χ3n) is 2.50. The van der Waals surface area contributed by atoms with E-state index in [4.69, 9.17) is 27.9 Å². The Morgan fingerprint density at radius 1 is 1.40 bits per heavy atom. The third kappa shape index (κ3) is 1.72. The van der Waals surface area contributed by atoms with Crippen molar-refractivity contribution in [3.8, 4) is 5.75 Å². The second kappa shape index (κ2) is 3.69. The maximum Gasteiger partial charge on any atom is 0.170 e. The van der Waals surface area contributed by atoms with Crippen molar-refractivity contribution in [2.24, 2.45) is 0 Å². The lowest BCUT2D eigenvalue weighted by atomic mass is 9.97. The molecule has 0 spiro atoms. The highest BCUT2D eigenvalue weighted by Gasteiger charge is 2.28. The molecule has 0 saturated carbocycles. The average molecular weight is 245 g/mol. The van der Waals surface area contributed by atoms with Crippen molar-refractivity contribution in [3.05, 3.63) is 27.2 Å². The molecule has 15 heavy (non-hydrogen) atoms. The molecule has 0 saturated heterocycles. The van der Waals surface area contributed by atoms with E-state index >= 15 is 0 Å². The maximum atomic E-state index is 11.8. The van der Waals surface area contributed by atoms with Gasteiger partial charge in [-0.3, -0.25) is 4.79 Å². The second-order valence-corrected chi connectivity index (χ2v) is 4.54. The number of hydrogen-bond donors (Lipinski definition) is 0. The number of hydrogen-bond acceptors (Lipinski definition) is 2. The molecule has 0 N–H and O–H groups in total. The van der Waals surface area contributed by atoms with E-state index < -0.39 is 0 Å². The van der Waals surface area contributed by atoms with E-state index in [2.05, 4.69) is 0 Å². The van der Waals surface area contributed by atoms with Crippen LogP contribution < -0.4 is 4.74 Å². The normalized spacial score (nSPS) is 19.7. The molecular weight excluding hydrogens is 235 g/mol. The Balaban J connectivity index is 2.69. The number of carbonyl (C=O) groups is 1. The fraction of sp³-hybridized carbons (Fsp3) is 0.364. The van der Waals surface area contributed by atoms with E-state index in [9.17, 15) is 4.79 Å². The largest absolute Gasteiger partial charge is 0.488 e. The van der Waals surface area contributed by atoms with E-state index in [1.807, 2.05) is 6.92 Å². The zero-order valence-electron chi connectivity index (χ0n) is 8.43. The number of rotatable bonds is 0. The highest BCUT2D eigenvalue weighted by atomic mass is 35.5. The molecule has 0 amide bonds. The molecule has 0 radical (unpaired) electrons. The van der Waals surface area contributed by atoms with Crippen LogP contribution in [0.4, 0.5) is 0 Å². The summed E-state index contributed by atoms with van der Waals surface area (Å²) < 4.78 is 5.56. The Morgan fingerprint density at radius 3 is 2.73 bits per heavy atom. The van der Waals surface area contributed by atoms with Crippen molar-refractivity contribution in [2.75, 3.05) is 0 Å². The van der Waals surface area contributed by atoms with Crippen LogP contribution in [0.25, 0.3) is 0 Å². The van der Waals surface area contributed by atoms with Gasteiger partial charge in [-0.15, -0.1) is 0 Å². The van der Waals surface area contributed by atoms with Gasteiger partial charge in [0.2, 0.25) is 0 Å². The van der Waals surface area contributed by atoms with Gasteiger partial charge in [-0.05, 0) is 25.5 Å². The lowest BCUT2D eigenvalue weighted by Gasteiger charge is -2.24. The van der Waals surface area contributed by atoms with Gasteiger partial charge in [-0.1, -0.05) is 23.2 Å². The summed E-state index contributed by atoms with van der Waals surface area (Å²) in [5.41, 5.74) is 1.28. The van der Waals surface area contributed by atoms with Crippen molar-refractivity contribution in [3.63, 3.8) is 0 Å². The van der Waals surface area contributed by atoms with Crippen LogP contribution in [0.1, 0.15) is 29.3 Å². The van der Waals surface area contributed by atoms with Gasteiger partial charge in [0, 0.05) is 11.4 Å². The number of carbonyl (C=O) groups excluding carboxylic acids is 1. The molecule has 0 bridgehead atoms. The van der Waals surface area contributed by atoms with Crippen LogP contribution in [0.2, 0.25) is 10.0 Å². The molecule has 1 aliphatic rings. The summed E-state index contributed by atoms with van der Waals surface area (Å²) in [6.45, 7) is 3.65. The van der Waals surface area contributed by atoms with Crippen molar-refractivity contribution in [1.29, 1.82) is 0 Å².